The fourth-order valence-corrected chi connectivity index (χ4v) is 5.48. The van der Waals surface area contributed by atoms with E-state index in [2.05, 4.69) is 0 Å². The van der Waals surface area contributed by atoms with Crippen molar-refractivity contribution in [1.82, 2.24) is 4.90 Å². The van der Waals surface area contributed by atoms with Crippen LogP contribution in [0, 0.1) is 17.6 Å². The predicted octanol–water partition coefficient (Wildman–Crippen LogP) is 4.67. The molecule has 1 amide bonds. The lowest BCUT2D eigenvalue weighted by atomic mass is 9.88. The van der Waals surface area contributed by atoms with E-state index in [1.807, 2.05) is 0 Å². The van der Waals surface area contributed by atoms with E-state index in [1.165, 1.54) is 0 Å². The van der Waals surface area contributed by atoms with Gasteiger partial charge in [-0.3, -0.25) is 9.59 Å². The Balaban J connectivity index is 1.37. The number of amides is 1. The van der Waals surface area contributed by atoms with E-state index in [9.17, 15) is 26.8 Å². The Morgan fingerprint density at radius 2 is 1.53 bits per heavy atom. The van der Waals surface area contributed by atoms with Crippen LogP contribution >= 0.6 is 0 Å². The lowest BCUT2D eigenvalue weighted by Gasteiger charge is -2.31. The maximum Gasteiger partial charge on any atom is 0.253 e. The molecule has 5 nitrogen and oxygen atoms in total. The fourth-order valence-electron chi connectivity index (χ4n) is 4.11. The summed E-state index contributed by atoms with van der Waals surface area (Å²) in [6, 6.07) is 17.4. The lowest BCUT2D eigenvalue weighted by molar-refractivity contribution is 0.0649. The van der Waals surface area contributed by atoms with Gasteiger partial charge >= 0.3 is 0 Å². The second-order valence-electron chi connectivity index (χ2n) is 8.32. The van der Waals surface area contributed by atoms with Crippen LogP contribution in [0.5, 0.6) is 0 Å². The van der Waals surface area contributed by atoms with Gasteiger partial charge in [-0.05, 0) is 60.9 Å². The molecule has 0 saturated carbocycles. The van der Waals surface area contributed by atoms with E-state index in [0.717, 1.165) is 18.2 Å². The minimum Gasteiger partial charge on any atom is -0.339 e. The molecule has 3 aromatic carbocycles. The zero-order valence-corrected chi connectivity index (χ0v) is 19.1. The van der Waals surface area contributed by atoms with E-state index < -0.39 is 33.2 Å². The third-order valence-corrected chi connectivity index (χ3v) is 7.71. The van der Waals surface area contributed by atoms with Crippen LogP contribution in [0.3, 0.4) is 0 Å². The SMILES string of the molecule is O=C(c1cc(F)ccc1F)C1CCN(C(=O)c2ccc(CS(=O)(=O)c3ccccc3)cc2)CC1. The highest BCUT2D eigenvalue weighted by Gasteiger charge is 2.30. The average molecular weight is 484 g/mol. The van der Waals surface area contributed by atoms with Gasteiger partial charge in [-0.2, -0.15) is 0 Å². The highest BCUT2D eigenvalue weighted by Crippen LogP contribution is 2.25. The highest BCUT2D eigenvalue weighted by molar-refractivity contribution is 7.90. The van der Waals surface area contributed by atoms with Crippen molar-refractivity contribution in [2.24, 2.45) is 5.92 Å². The first-order chi connectivity index (χ1) is 16.2. The van der Waals surface area contributed by atoms with Gasteiger partial charge in [0.25, 0.3) is 5.91 Å². The molecule has 1 fully saturated rings. The summed E-state index contributed by atoms with van der Waals surface area (Å²) >= 11 is 0. The summed E-state index contributed by atoms with van der Waals surface area (Å²) < 4.78 is 52.5. The van der Waals surface area contributed by atoms with Crippen molar-refractivity contribution >= 4 is 21.5 Å². The predicted molar refractivity (Wildman–Crippen MR) is 123 cm³/mol. The van der Waals surface area contributed by atoms with E-state index in [0.29, 0.717) is 37.1 Å². The zero-order valence-electron chi connectivity index (χ0n) is 18.3. The number of carbonyl (C=O) groups is 2. The molecule has 0 atom stereocenters. The van der Waals surface area contributed by atoms with Gasteiger partial charge in [0, 0.05) is 24.6 Å². The quantitative estimate of drug-likeness (QED) is 0.478. The summed E-state index contributed by atoms with van der Waals surface area (Å²) in [5.41, 5.74) is 0.731. The Labute approximate surface area is 196 Å². The molecular formula is C26H23F2NO4S. The molecule has 0 aliphatic carbocycles. The molecular weight excluding hydrogens is 460 g/mol. The molecule has 1 saturated heterocycles. The molecule has 0 unspecified atom stereocenters. The van der Waals surface area contributed by atoms with Gasteiger partial charge in [0.15, 0.2) is 15.6 Å². The zero-order chi connectivity index (χ0) is 24.3. The summed E-state index contributed by atoms with van der Waals surface area (Å²) in [6.45, 7) is 0.632. The largest absolute Gasteiger partial charge is 0.339 e. The average Bonchev–Trinajstić information content (AvgIpc) is 2.85. The van der Waals surface area contributed by atoms with Gasteiger partial charge in [-0.1, -0.05) is 30.3 Å². The van der Waals surface area contributed by atoms with Crippen molar-refractivity contribution in [3.63, 3.8) is 0 Å². The molecule has 1 heterocycles. The molecule has 8 heteroatoms. The van der Waals surface area contributed by atoms with E-state index in [-0.39, 0.29) is 22.1 Å². The van der Waals surface area contributed by atoms with Crippen LogP contribution in [-0.2, 0) is 15.6 Å². The third kappa shape index (κ3) is 5.22. The number of hydrogen-bond acceptors (Lipinski definition) is 4. The number of ketones is 1. The number of nitrogens with zero attached hydrogens (tertiary/aromatic N) is 1. The first-order valence-corrected chi connectivity index (χ1v) is 12.5. The van der Waals surface area contributed by atoms with Crippen LogP contribution in [0.2, 0.25) is 0 Å². The Hall–Kier alpha value is -3.39. The smallest absolute Gasteiger partial charge is 0.253 e. The molecule has 0 N–H and O–H groups in total. The molecule has 176 valence electrons. The number of benzene rings is 3. The Morgan fingerprint density at radius 1 is 0.882 bits per heavy atom. The molecule has 3 aromatic rings. The molecule has 0 radical (unpaired) electrons. The summed E-state index contributed by atoms with van der Waals surface area (Å²) in [5.74, 6) is -2.74. The fraction of sp³-hybridized carbons (Fsp3) is 0.231. The van der Waals surface area contributed by atoms with Crippen LogP contribution in [-0.4, -0.2) is 38.1 Å². The number of rotatable bonds is 6. The van der Waals surface area contributed by atoms with Crippen LogP contribution in [0.25, 0.3) is 0 Å². The minimum atomic E-state index is -3.49. The summed E-state index contributed by atoms with van der Waals surface area (Å²) in [4.78, 5) is 27.3. The number of likely N-dealkylation sites (tertiary alicyclic amines) is 1. The van der Waals surface area contributed by atoms with Crippen molar-refractivity contribution in [2.45, 2.75) is 23.5 Å². The Kier molecular flexibility index (Phi) is 6.88. The highest BCUT2D eigenvalue weighted by atomic mass is 32.2. The summed E-state index contributed by atoms with van der Waals surface area (Å²) in [5, 5.41) is 0. The first kappa shape index (κ1) is 23.8. The van der Waals surface area contributed by atoms with Crippen LogP contribution in [0.1, 0.15) is 39.1 Å². The minimum absolute atomic E-state index is 0.171. The number of halogens is 2. The van der Waals surface area contributed by atoms with Gasteiger partial charge in [0.2, 0.25) is 0 Å². The van der Waals surface area contributed by atoms with Crippen molar-refractivity contribution in [2.75, 3.05) is 13.1 Å². The van der Waals surface area contributed by atoms with Crippen LogP contribution in [0.15, 0.2) is 77.7 Å². The van der Waals surface area contributed by atoms with Gasteiger partial charge in [0.1, 0.15) is 11.6 Å². The Morgan fingerprint density at radius 3 is 2.18 bits per heavy atom. The van der Waals surface area contributed by atoms with Gasteiger partial charge < -0.3 is 4.90 Å². The van der Waals surface area contributed by atoms with Crippen molar-refractivity contribution in [3.8, 4) is 0 Å². The number of hydrogen-bond donors (Lipinski definition) is 0. The lowest BCUT2D eigenvalue weighted by Crippen LogP contribution is -2.40. The van der Waals surface area contributed by atoms with Crippen molar-refractivity contribution in [3.05, 3.63) is 101 Å². The maximum absolute atomic E-state index is 13.9. The van der Waals surface area contributed by atoms with Crippen molar-refractivity contribution < 1.29 is 26.8 Å². The van der Waals surface area contributed by atoms with E-state index in [4.69, 9.17) is 0 Å². The first-order valence-electron chi connectivity index (χ1n) is 10.9. The van der Waals surface area contributed by atoms with Crippen LogP contribution < -0.4 is 0 Å². The van der Waals surface area contributed by atoms with Gasteiger partial charge in [-0.15, -0.1) is 0 Å². The normalized spacial score (nSPS) is 14.7. The molecule has 0 spiro atoms. The molecule has 34 heavy (non-hydrogen) atoms. The topological polar surface area (TPSA) is 71.5 Å². The molecule has 0 aromatic heterocycles. The summed E-state index contributed by atoms with van der Waals surface area (Å²) in [7, 11) is -3.49. The molecule has 4 rings (SSSR count). The number of carbonyl (C=O) groups excluding carboxylic acids is 2. The van der Waals surface area contributed by atoms with E-state index >= 15 is 0 Å². The monoisotopic (exact) mass is 483 g/mol. The van der Waals surface area contributed by atoms with E-state index in [1.54, 1.807) is 59.5 Å². The standard InChI is InChI=1S/C26H23F2NO4S/c27-21-10-11-24(28)23(16-21)25(30)19-12-14-29(15-13-19)26(31)20-8-6-18(7-9-20)17-34(32,33)22-4-2-1-3-5-22/h1-11,16,19H,12-15,17H2. The van der Waals surface area contributed by atoms with Gasteiger partial charge in [0.05, 0.1) is 16.2 Å². The summed E-state index contributed by atoms with van der Waals surface area (Å²) in [6.07, 6.45) is 0.710. The second kappa shape index (κ2) is 9.85. The van der Waals surface area contributed by atoms with Crippen LogP contribution in [0.4, 0.5) is 8.78 Å². The number of piperidine rings is 1. The number of Topliss-reactive ketones (excluding diaryl/α,β-unsaturated/α-hetero) is 1. The van der Waals surface area contributed by atoms with Crippen molar-refractivity contribution in [1.29, 1.82) is 0 Å². The molecule has 1 aliphatic rings. The molecule has 0 bridgehead atoms. The third-order valence-electron chi connectivity index (χ3n) is 6.01. The number of sulfone groups is 1. The molecule has 1 aliphatic heterocycles. The van der Waals surface area contributed by atoms with Gasteiger partial charge in [-0.25, -0.2) is 17.2 Å². The Bertz CT molecular complexity index is 1300. The second-order valence-corrected chi connectivity index (χ2v) is 10.3. The maximum atomic E-state index is 13.9.